The third-order valence-electron chi connectivity index (χ3n) is 3.76. The minimum Gasteiger partial charge on any atom is -0.296 e. The van der Waals surface area contributed by atoms with E-state index in [2.05, 4.69) is 20.5 Å². The van der Waals surface area contributed by atoms with Gasteiger partial charge in [0.2, 0.25) is 5.13 Å². The summed E-state index contributed by atoms with van der Waals surface area (Å²) in [5.41, 5.74) is 3.16. The molecule has 122 valence electrons. The van der Waals surface area contributed by atoms with Crippen molar-refractivity contribution in [2.75, 3.05) is 5.32 Å². The highest BCUT2D eigenvalue weighted by Gasteiger charge is 2.14. The van der Waals surface area contributed by atoms with Crippen molar-refractivity contribution in [2.45, 2.75) is 6.92 Å². The van der Waals surface area contributed by atoms with Gasteiger partial charge in [-0.25, -0.2) is 0 Å². The molecule has 0 unspecified atom stereocenters. The maximum absolute atomic E-state index is 12.7. The lowest BCUT2D eigenvalue weighted by atomic mass is 10.1. The van der Waals surface area contributed by atoms with Crippen LogP contribution < -0.4 is 5.32 Å². The van der Waals surface area contributed by atoms with E-state index in [-0.39, 0.29) is 5.91 Å². The van der Waals surface area contributed by atoms with Crippen molar-refractivity contribution >= 4 is 33.3 Å². The molecule has 2 aromatic carbocycles. The summed E-state index contributed by atoms with van der Waals surface area (Å²) in [4.78, 5) is 17.2. The number of anilines is 1. The number of para-hydroxylation sites is 1. The number of carbonyl (C=O) groups is 1. The van der Waals surface area contributed by atoms with Crippen LogP contribution in [0, 0.1) is 6.92 Å². The van der Waals surface area contributed by atoms with Gasteiger partial charge >= 0.3 is 0 Å². The summed E-state index contributed by atoms with van der Waals surface area (Å²) in [5.74, 6) is -0.211. The molecule has 0 saturated heterocycles. The number of nitrogens with one attached hydrogen (secondary N) is 1. The van der Waals surface area contributed by atoms with Crippen molar-refractivity contribution in [2.24, 2.45) is 0 Å². The highest BCUT2D eigenvalue weighted by molar-refractivity contribution is 7.18. The van der Waals surface area contributed by atoms with Gasteiger partial charge in [-0.1, -0.05) is 59.9 Å². The molecule has 25 heavy (non-hydrogen) atoms. The first kappa shape index (κ1) is 15.4. The fourth-order valence-electron chi connectivity index (χ4n) is 2.63. The predicted molar refractivity (Wildman–Crippen MR) is 99.8 cm³/mol. The number of benzene rings is 2. The lowest BCUT2D eigenvalue weighted by Gasteiger charge is -2.07. The Kier molecular flexibility index (Phi) is 3.95. The van der Waals surface area contributed by atoms with Crippen molar-refractivity contribution in [3.8, 4) is 10.6 Å². The first-order valence-corrected chi connectivity index (χ1v) is 8.59. The highest BCUT2D eigenvalue weighted by atomic mass is 32.1. The number of nitrogens with zero attached hydrogens (tertiary/aromatic N) is 3. The number of fused-ring (bicyclic) bond motifs is 1. The Morgan fingerprint density at radius 3 is 2.60 bits per heavy atom. The minimum atomic E-state index is -0.211. The number of hydrogen-bond acceptors (Lipinski definition) is 5. The molecule has 6 heteroatoms. The molecule has 0 aliphatic carbocycles. The largest absolute Gasteiger partial charge is 0.296 e. The van der Waals surface area contributed by atoms with Crippen molar-refractivity contribution in [3.63, 3.8) is 0 Å². The van der Waals surface area contributed by atoms with Crippen molar-refractivity contribution in [1.82, 2.24) is 15.2 Å². The molecule has 0 aliphatic rings. The number of aryl methyl sites for hydroxylation is 1. The van der Waals surface area contributed by atoms with Crippen molar-refractivity contribution in [3.05, 3.63) is 71.9 Å². The van der Waals surface area contributed by atoms with Gasteiger partial charge in [-0.2, -0.15) is 0 Å². The van der Waals surface area contributed by atoms with Crippen LogP contribution in [0.3, 0.4) is 0 Å². The average molecular weight is 346 g/mol. The van der Waals surface area contributed by atoms with E-state index in [4.69, 9.17) is 0 Å². The topological polar surface area (TPSA) is 67.8 Å². The SMILES string of the molecule is Cc1cc(C(=O)Nc2nnc(-c3ccccc3)s2)c2ccccc2n1. The second-order valence-corrected chi connectivity index (χ2v) is 6.54. The maximum Gasteiger partial charge on any atom is 0.258 e. The summed E-state index contributed by atoms with van der Waals surface area (Å²) in [7, 11) is 0. The lowest BCUT2D eigenvalue weighted by Crippen LogP contribution is -2.13. The van der Waals surface area contributed by atoms with Crippen LogP contribution in [0.2, 0.25) is 0 Å². The van der Waals surface area contributed by atoms with Gasteiger partial charge in [0.15, 0.2) is 0 Å². The maximum atomic E-state index is 12.7. The van der Waals surface area contributed by atoms with Gasteiger partial charge in [0.05, 0.1) is 11.1 Å². The molecule has 2 aromatic heterocycles. The summed E-state index contributed by atoms with van der Waals surface area (Å²) < 4.78 is 0. The number of pyridine rings is 1. The fourth-order valence-corrected chi connectivity index (χ4v) is 3.38. The highest BCUT2D eigenvalue weighted by Crippen LogP contribution is 2.27. The molecule has 5 nitrogen and oxygen atoms in total. The van der Waals surface area contributed by atoms with Gasteiger partial charge in [-0.05, 0) is 19.1 Å². The Balaban J connectivity index is 1.64. The summed E-state index contributed by atoms with van der Waals surface area (Å²) in [6.45, 7) is 1.88. The molecular formula is C19H14N4OS. The summed E-state index contributed by atoms with van der Waals surface area (Å²) in [6, 6.07) is 19.2. The second-order valence-electron chi connectivity index (χ2n) is 5.56. The molecule has 0 radical (unpaired) electrons. The number of aromatic nitrogens is 3. The minimum absolute atomic E-state index is 0.211. The Morgan fingerprint density at radius 1 is 1.00 bits per heavy atom. The molecule has 4 aromatic rings. The van der Waals surface area contributed by atoms with E-state index in [1.54, 1.807) is 6.07 Å². The van der Waals surface area contributed by atoms with Crippen LogP contribution in [-0.4, -0.2) is 21.1 Å². The molecule has 0 spiro atoms. The smallest absolute Gasteiger partial charge is 0.258 e. The first-order chi connectivity index (χ1) is 12.2. The Morgan fingerprint density at radius 2 is 1.76 bits per heavy atom. The zero-order valence-corrected chi connectivity index (χ0v) is 14.2. The van der Waals surface area contributed by atoms with Gasteiger partial charge < -0.3 is 0 Å². The second kappa shape index (κ2) is 6.41. The zero-order valence-electron chi connectivity index (χ0n) is 13.4. The average Bonchev–Trinajstić information content (AvgIpc) is 3.10. The number of carbonyl (C=O) groups excluding carboxylic acids is 1. The number of hydrogen-bond donors (Lipinski definition) is 1. The molecule has 1 N–H and O–H groups in total. The molecule has 4 rings (SSSR count). The van der Waals surface area contributed by atoms with Crippen LogP contribution in [0.15, 0.2) is 60.7 Å². The fraction of sp³-hybridized carbons (Fsp3) is 0.0526. The van der Waals surface area contributed by atoms with E-state index >= 15 is 0 Å². The molecule has 0 saturated carbocycles. The molecule has 1 amide bonds. The number of amides is 1. The van der Waals surface area contributed by atoms with Gasteiger partial charge in [-0.15, -0.1) is 10.2 Å². The Bertz CT molecular complexity index is 1060. The van der Waals surface area contributed by atoms with E-state index in [1.165, 1.54) is 11.3 Å². The van der Waals surface area contributed by atoms with Crippen LogP contribution in [0.1, 0.15) is 16.1 Å². The molecule has 2 heterocycles. The first-order valence-electron chi connectivity index (χ1n) is 7.77. The van der Waals surface area contributed by atoms with Crippen LogP contribution in [0.4, 0.5) is 5.13 Å². The summed E-state index contributed by atoms with van der Waals surface area (Å²) in [6.07, 6.45) is 0. The van der Waals surface area contributed by atoms with Crippen LogP contribution in [-0.2, 0) is 0 Å². The standard InChI is InChI=1S/C19H14N4OS/c1-12-11-15(14-9-5-6-10-16(14)20-12)17(24)21-19-23-22-18(25-19)13-7-3-2-4-8-13/h2-11H,1H3,(H,21,23,24). The lowest BCUT2D eigenvalue weighted by molar-refractivity contribution is 0.102. The Labute approximate surface area is 148 Å². The van der Waals surface area contributed by atoms with E-state index in [0.29, 0.717) is 10.7 Å². The van der Waals surface area contributed by atoms with Crippen LogP contribution in [0.5, 0.6) is 0 Å². The summed E-state index contributed by atoms with van der Waals surface area (Å²) >= 11 is 1.35. The molecule has 0 aliphatic heterocycles. The van der Waals surface area contributed by atoms with Crippen LogP contribution >= 0.6 is 11.3 Å². The summed E-state index contributed by atoms with van der Waals surface area (Å²) in [5, 5.41) is 13.1. The Hall–Kier alpha value is -3.12. The molecule has 0 fully saturated rings. The van der Waals surface area contributed by atoms with E-state index in [1.807, 2.05) is 61.5 Å². The predicted octanol–water partition coefficient (Wildman–Crippen LogP) is 4.31. The van der Waals surface area contributed by atoms with Gasteiger partial charge in [0.25, 0.3) is 5.91 Å². The monoisotopic (exact) mass is 346 g/mol. The van der Waals surface area contributed by atoms with Gasteiger partial charge in [0, 0.05) is 16.6 Å². The van der Waals surface area contributed by atoms with E-state index < -0.39 is 0 Å². The van der Waals surface area contributed by atoms with Crippen molar-refractivity contribution < 1.29 is 4.79 Å². The molecule has 0 atom stereocenters. The quantitative estimate of drug-likeness (QED) is 0.600. The van der Waals surface area contributed by atoms with Crippen molar-refractivity contribution in [1.29, 1.82) is 0 Å². The van der Waals surface area contributed by atoms with E-state index in [9.17, 15) is 4.79 Å². The molecule has 0 bridgehead atoms. The van der Waals surface area contributed by atoms with Crippen LogP contribution in [0.25, 0.3) is 21.5 Å². The normalized spacial score (nSPS) is 10.8. The number of rotatable bonds is 3. The van der Waals surface area contributed by atoms with E-state index in [0.717, 1.165) is 27.2 Å². The third-order valence-corrected chi connectivity index (χ3v) is 4.64. The van der Waals surface area contributed by atoms with Gasteiger partial charge in [0.1, 0.15) is 5.01 Å². The van der Waals surface area contributed by atoms with Gasteiger partial charge in [-0.3, -0.25) is 15.1 Å². The third kappa shape index (κ3) is 3.12. The zero-order chi connectivity index (χ0) is 17.2. The molecular weight excluding hydrogens is 332 g/mol.